The molecule has 19 heavy (non-hydrogen) atoms. The Bertz CT molecular complexity index is 259. The summed E-state index contributed by atoms with van der Waals surface area (Å²) in [6.45, 7) is 4.66. The zero-order valence-electron chi connectivity index (χ0n) is 12.7. The van der Waals surface area contributed by atoms with Crippen LogP contribution in [0.4, 0.5) is 4.79 Å². The lowest BCUT2D eigenvalue weighted by Crippen LogP contribution is -2.20. The molecule has 0 bridgehead atoms. The van der Waals surface area contributed by atoms with Crippen LogP contribution in [0.15, 0.2) is 17.1 Å². The third kappa shape index (κ3) is 14.8. The molecule has 0 saturated carbocycles. The van der Waals surface area contributed by atoms with E-state index in [0.29, 0.717) is 6.54 Å². The van der Waals surface area contributed by atoms with E-state index in [1.165, 1.54) is 51.2 Å². The zero-order chi connectivity index (χ0) is 14.2. The summed E-state index contributed by atoms with van der Waals surface area (Å²) in [5.41, 5.74) is 0. The maximum atomic E-state index is 11.0. The SMILES string of the molecule is CC=NC(=O)NCCC=CCCCCCCCCC. The number of unbranched alkanes of at least 4 members (excludes halogenated alkanes) is 7. The fourth-order valence-corrected chi connectivity index (χ4v) is 1.88. The topological polar surface area (TPSA) is 41.5 Å². The number of carbonyl (C=O) groups excluding carboxylic acids is 1. The van der Waals surface area contributed by atoms with Gasteiger partial charge in [-0.15, -0.1) is 0 Å². The highest BCUT2D eigenvalue weighted by Crippen LogP contribution is 2.08. The number of hydrogen-bond acceptors (Lipinski definition) is 1. The molecule has 1 N–H and O–H groups in total. The van der Waals surface area contributed by atoms with Crippen molar-refractivity contribution in [2.45, 2.75) is 71.6 Å². The molecule has 0 spiro atoms. The Hall–Kier alpha value is -1.12. The van der Waals surface area contributed by atoms with Crippen LogP contribution in [0.1, 0.15) is 71.6 Å². The Morgan fingerprint density at radius 2 is 1.63 bits per heavy atom. The Labute approximate surface area is 118 Å². The number of urea groups is 1. The maximum absolute atomic E-state index is 11.0. The van der Waals surface area contributed by atoms with Gasteiger partial charge in [-0.1, -0.05) is 57.6 Å². The second kappa shape index (κ2) is 14.9. The van der Waals surface area contributed by atoms with Crippen LogP contribution in [0.3, 0.4) is 0 Å². The van der Waals surface area contributed by atoms with E-state index in [9.17, 15) is 4.79 Å². The lowest BCUT2D eigenvalue weighted by Gasteiger charge is -1.99. The molecule has 0 aliphatic carbocycles. The second-order valence-electron chi connectivity index (χ2n) is 4.79. The summed E-state index contributed by atoms with van der Waals surface area (Å²) in [6, 6.07) is -0.247. The Morgan fingerprint density at radius 1 is 1.00 bits per heavy atom. The highest BCUT2D eigenvalue weighted by atomic mass is 16.2. The van der Waals surface area contributed by atoms with Crippen molar-refractivity contribution >= 4 is 12.2 Å². The first kappa shape index (κ1) is 17.9. The van der Waals surface area contributed by atoms with E-state index in [0.717, 1.165) is 12.8 Å². The van der Waals surface area contributed by atoms with E-state index in [1.807, 2.05) is 0 Å². The Kier molecular flexibility index (Phi) is 14.1. The largest absolute Gasteiger partial charge is 0.340 e. The van der Waals surface area contributed by atoms with Gasteiger partial charge in [-0.25, -0.2) is 9.79 Å². The molecule has 0 saturated heterocycles. The molecule has 3 nitrogen and oxygen atoms in total. The van der Waals surface area contributed by atoms with Crippen molar-refractivity contribution in [2.24, 2.45) is 4.99 Å². The molecule has 0 fully saturated rings. The number of carbonyl (C=O) groups is 1. The van der Waals surface area contributed by atoms with Gasteiger partial charge in [0.25, 0.3) is 0 Å². The number of allylic oxidation sites excluding steroid dienone is 1. The highest BCUT2D eigenvalue weighted by Gasteiger charge is 1.92. The molecule has 0 unspecified atom stereocenters. The molecule has 0 rings (SSSR count). The van der Waals surface area contributed by atoms with Gasteiger partial charge in [0, 0.05) is 12.8 Å². The average Bonchev–Trinajstić information content (AvgIpc) is 2.40. The van der Waals surface area contributed by atoms with E-state index in [4.69, 9.17) is 0 Å². The fourth-order valence-electron chi connectivity index (χ4n) is 1.88. The maximum Gasteiger partial charge on any atom is 0.340 e. The molecule has 0 aliphatic heterocycles. The summed E-state index contributed by atoms with van der Waals surface area (Å²) in [5, 5.41) is 2.73. The monoisotopic (exact) mass is 266 g/mol. The van der Waals surface area contributed by atoms with Gasteiger partial charge in [0.2, 0.25) is 0 Å². The summed E-state index contributed by atoms with van der Waals surface area (Å²) >= 11 is 0. The molecule has 110 valence electrons. The minimum absolute atomic E-state index is 0.247. The molecule has 2 amide bonds. The average molecular weight is 266 g/mol. The lowest BCUT2D eigenvalue weighted by molar-refractivity contribution is 0.249. The lowest BCUT2D eigenvalue weighted by atomic mass is 10.1. The number of nitrogens with one attached hydrogen (secondary N) is 1. The summed E-state index contributed by atoms with van der Waals surface area (Å²) < 4.78 is 0. The minimum Gasteiger partial charge on any atom is -0.336 e. The van der Waals surface area contributed by atoms with Gasteiger partial charge < -0.3 is 5.32 Å². The van der Waals surface area contributed by atoms with E-state index in [-0.39, 0.29) is 6.03 Å². The van der Waals surface area contributed by atoms with Crippen LogP contribution in [-0.4, -0.2) is 18.8 Å². The highest BCUT2D eigenvalue weighted by molar-refractivity contribution is 5.82. The van der Waals surface area contributed by atoms with Gasteiger partial charge >= 0.3 is 6.03 Å². The quantitative estimate of drug-likeness (QED) is 0.323. The molecule has 3 heteroatoms. The Balaban J connectivity index is 3.19. The first-order valence-electron chi connectivity index (χ1n) is 7.72. The zero-order valence-corrected chi connectivity index (χ0v) is 12.7. The molecule has 0 aromatic heterocycles. The van der Waals surface area contributed by atoms with Crippen LogP contribution in [0.5, 0.6) is 0 Å². The number of amides is 2. The van der Waals surface area contributed by atoms with Crippen molar-refractivity contribution in [3.63, 3.8) is 0 Å². The standard InChI is InChI=1S/C16H30N2O/c1-3-5-6-7-8-9-10-11-12-13-14-15-18-16(19)17-4-2/h4,12-13H,3,5-11,14-15H2,1-2H3,(H,18,19). The normalized spacial score (nSPS) is 11.5. The minimum atomic E-state index is -0.247. The van der Waals surface area contributed by atoms with Gasteiger partial charge in [0.05, 0.1) is 0 Å². The van der Waals surface area contributed by atoms with Crippen LogP contribution >= 0.6 is 0 Å². The third-order valence-electron chi connectivity index (χ3n) is 2.97. The van der Waals surface area contributed by atoms with E-state index < -0.39 is 0 Å². The van der Waals surface area contributed by atoms with E-state index >= 15 is 0 Å². The van der Waals surface area contributed by atoms with Crippen molar-refractivity contribution in [2.75, 3.05) is 6.54 Å². The molecule has 0 aromatic carbocycles. The summed E-state index contributed by atoms with van der Waals surface area (Å²) in [5.74, 6) is 0. The van der Waals surface area contributed by atoms with Crippen molar-refractivity contribution < 1.29 is 4.79 Å². The fraction of sp³-hybridized carbons (Fsp3) is 0.750. The molecular weight excluding hydrogens is 236 g/mol. The van der Waals surface area contributed by atoms with Crippen molar-refractivity contribution in [3.8, 4) is 0 Å². The van der Waals surface area contributed by atoms with Crippen molar-refractivity contribution in [1.29, 1.82) is 0 Å². The molecule has 0 radical (unpaired) electrons. The van der Waals surface area contributed by atoms with Crippen LogP contribution < -0.4 is 5.32 Å². The number of nitrogens with zero attached hydrogens (tertiary/aromatic N) is 1. The third-order valence-corrected chi connectivity index (χ3v) is 2.97. The van der Waals surface area contributed by atoms with Crippen LogP contribution in [-0.2, 0) is 0 Å². The first-order valence-corrected chi connectivity index (χ1v) is 7.72. The first-order chi connectivity index (χ1) is 9.31. The van der Waals surface area contributed by atoms with Crippen molar-refractivity contribution in [1.82, 2.24) is 5.32 Å². The Morgan fingerprint density at radius 3 is 2.32 bits per heavy atom. The molecular formula is C16H30N2O. The number of aliphatic imine (C=N–C) groups is 1. The molecule has 0 aromatic rings. The predicted molar refractivity (Wildman–Crippen MR) is 83.9 cm³/mol. The molecule has 0 aliphatic rings. The van der Waals surface area contributed by atoms with Crippen LogP contribution in [0.2, 0.25) is 0 Å². The number of hydrogen-bond donors (Lipinski definition) is 1. The van der Waals surface area contributed by atoms with Crippen LogP contribution in [0.25, 0.3) is 0 Å². The van der Waals surface area contributed by atoms with Gasteiger partial charge in [-0.2, -0.15) is 0 Å². The van der Waals surface area contributed by atoms with Crippen molar-refractivity contribution in [3.05, 3.63) is 12.2 Å². The van der Waals surface area contributed by atoms with E-state index in [2.05, 4.69) is 29.4 Å². The summed E-state index contributed by atoms with van der Waals surface area (Å²) in [6.07, 6.45) is 17.4. The van der Waals surface area contributed by atoms with Gasteiger partial charge in [0.1, 0.15) is 0 Å². The smallest absolute Gasteiger partial charge is 0.336 e. The summed E-state index contributed by atoms with van der Waals surface area (Å²) in [4.78, 5) is 14.6. The van der Waals surface area contributed by atoms with Crippen LogP contribution in [0, 0.1) is 0 Å². The van der Waals surface area contributed by atoms with Gasteiger partial charge in [-0.3, -0.25) is 0 Å². The van der Waals surface area contributed by atoms with E-state index in [1.54, 1.807) is 6.92 Å². The summed E-state index contributed by atoms with van der Waals surface area (Å²) in [7, 11) is 0. The predicted octanol–water partition coefficient (Wildman–Crippen LogP) is 4.87. The van der Waals surface area contributed by atoms with Gasteiger partial charge in [-0.05, 0) is 26.2 Å². The molecule has 0 atom stereocenters. The second-order valence-corrected chi connectivity index (χ2v) is 4.79. The molecule has 0 heterocycles. The van der Waals surface area contributed by atoms with Gasteiger partial charge in [0.15, 0.2) is 0 Å². The number of rotatable bonds is 11.